The number of rotatable bonds is 4. The lowest BCUT2D eigenvalue weighted by molar-refractivity contribution is -0.131. The Bertz CT molecular complexity index is 746. The van der Waals surface area contributed by atoms with Crippen LogP contribution in [0, 0.1) is 0 Å². The van der Waals surface area contributed by atoms with Crippen molar-refractivity contribution in [2.45, 2.75) is 6.92 Å². The maximum atomic E-state index is 11.2. The zero-order valence-electron chi connectivity index (χ0n) is 12.8. The number of nitrogens with zero attached hydrogens (tertiary/aromatic N) is 1. The van der Waals surface area contributed by atoms with Gasteiger partial charge in [-0.1, -0.05) is 42.5 Å². The van der Waals surface area contributed by atoms with Crippen LogP contribution < -0.4 is 9.64 Å². The molecule has 114 valence electrons. The summed E-state index contributed by atoms with van der Waals surface area (Å²) in [6.45, 7) is 1.40. The van der Waals surface area contributed by atoms with E-state index in [2.05, 4.69) is 4.90 Å². The number of carbonyl (C=O) groups is 1. The summed E-state index contributed by atoms with van der Waals surface area (Å²) in [5.74, 6) is 0.208. The van der Waals surface area contributed by atoms with Crippen molar-refractivity contribution < 1.29 is 9.53 Å². The lowest BCUT2D eigenvalue weighted by Gasteiger charge is -2.25. The van der Waals surface area contributed by atoms with Gasteiger partial charge in [0.1, 0.15) is 5.75 Å². The van der Waals surface area contributed by atoms with E-state index in [0.717, 1.165) is 17.1 Å². The van der Waals surface area contributed by atoms with E-state index in [9.17, 15) is 4.79 Å². The smallest absolute Gasteiger partial charge is 0.308 e. The van der Waals surface area contributed by atoms with Crippen molar-refractivity contribution >= 4 is 23.0 Å². The minimum absolute atomic E-state index is 0.326. The average molecular weight is 303 g/mol. The molecule has 0 aliphatic rings. The molecule has 3 nitrogen and oxygen atoms in total. The Morgan fingerprint density at radius 1 is 0.739 bits per heavy atom. The van der Waals surface area contributed by atoms with Gasteiger partial charge < -0.3 is 9.64 Å². The molecule has 3 aromatic rings. The van der Waals surface area contributed by atoms with E-state index >= 15 is 0 Å². The lowest BCUT2D eigenvalue weighted by atomic mass is 10.2. The fraction of sp³-hybridized carbons (Fsp3) is 0.0500. The van der Waals surface area contributed by atoms with Crippen LogP contribution in [0.15, 0.2) is 84.9 Å². The topological polar surface area (TPSA) is 29.5 Å². The molecule has 0 heterocycles. The first-order valence-corrected chi connectivity index (χ1v) is 7.43. The van der Waals surface area contributed by atoms with Gasteiger partial charge in [0.15, 0.2) is 0 Å². The molecule has 0 aliphatic carbocycles. The highest BCUT2D eigenvalue weighted by molar-refractivity contribution is 5.77. The average Bonchev–Trinajstić information content (AvgIpc) is 2.57. The molecule has 23 heavy (non-hydrogen) atoms. The zero-order chi connectivity index (χ0) is 16.1. The Labute approximate surface area is 135 Å². The Balaban J connectivity index is 2.07. The van der Waals surface area contributed by atoms with Crippen LogP contribution in [0.25, 0.3) is 0 Å². The Kier molecular flexibility index (Phi) is 4.39. The molecule has 0 saturated heterocycles. The predicted octanol–water partition coefficient (Wildman–Crippen LogP) is 5.08. The molecule has 0 spiro atoms. The van der Waals surface area contributed by atoms with Crippen LogP contribution in [0.5, 0.6) is 5.75 Å². The minimum atomic E-state index is -0.326. The Morgan fingerprint density at radius 3 is 1.78 bits per heavy atom. The zero-order valence-corrected chi connectivity index (χ0v) is 12.8. The highest BCUT2D eigenvalue weighted by atomic mass is 16.5. The molecular weight excluding hydrogens is 286 g/mol. The van der Waals surface area contributed by atoms with E-state index in [1.165, 1.54) is 6.92 Å². The number of esters is 1. The fourth-order valence-electron chi connectivity index (χ4n) is 2.45. The molecule has 0 aromatic heterocycles. The number of hydrogen-bond acceptors (Lipinski definition) is 3. The van der Waals surface area contributed by atoms with Gasteiger partial charge in [-0.2, -0.15) is 0 Å². The van der Waals surface area contributed by atoms with Crippen molar-refractivity contribution in [2.24, 2.45) is 0 Å². The molecular formula is C20H17NO2. The third kappa shape index (κ3) is 3.58. The molecule has 0 bridgehead atoms. The summed E-state index contributed by atoms with van der Waals surface area (Å²) in [6.07, 6.45) is 0. The van der Waals surface area contributed by atoms with Crippen LogP contribution in [0.2, 0.25) is 0 Å². The maximum absolute atomic E-state index is 11.2. The van der Waals surface area contributed by atoms with Gasteiger partial charge in [-0.3, -0.25) is 4.79 Å². The van der Waals surface area contributed by atoms with Gasteiger partial charge >= 0.3 is 5.97 Å². The normalized spacial score (nSPS) is 10.1. The quantitative estimate of drug-likeness (QED) is 0.497. The summed E-state index contributed by atoms with van der Waals surface area (Å²) in [5, 5.41) is 0. The summed E-state index contributed by atoms with van der Waals surface area (Å²) in [4.78, 5) is 13.3. The van der Waals surface area contributed by atoms with Crippen LogP contribution in [-0.2, 0) is 4.79 Å². The van der Waals surface area contributed by atoms with Crippen molar-refractivity contribution in [1.82, 2.24) is 0 Å². The largest absolute Gasteiger partial charge is 0.427 e. The molecule has 0 unspecified atom stereocenters. The maximum Gasteiger partial charge on any atom is 0.308 e. The molecule has 3 heteroatoms. The van der Waals surface area contributed by atoms with Gasteiger partial charge in [-0.25, -0.2) is 0 Å². The molecule has 0 fully saturated rings. The first-order valence-electron chi connectivity index (χ1n) is 7.43. The third-order valence-corrected chi connectivity index (χ3v) is 3.37. The van der Waals surface area contributed by atoms with Crippen LogP contribution in [0.1, 0.15) is 6.92 Å². The molecule has 0 radical (unpaired) electrons. The molecule has 0 aliphatic heterocycles. The monoisotopic (exact) mass is 303 g/mol. The molecule has 0 N–H and O–H groups in total. The predicted molar refractivity (Wildman–Crippen MR) is 92.4 cm³/mol. The van der Waals surface area contributed by atoms with Crippen LogP contribution in [0.4, 0.5) is 17.1 Å². The number of carbonyl (C=O) groups excluding carboxylic acids is 1. The van der Waals surface area contributed by atoms with Gasteiger partial charge in [-0.05, 0) is 36.4 Å². The number of hydrogen-bond donors (Lipinski definition) is 0. The van der Waals surface area contributed by atoms with E-state index in [4.69, 9.17) is 4.74 Å². The van der Waals surface area contributed by atoms with Gasteiger partial charge in [0.25, 0.3) is 0 Å². The van der Waals surface area contributed by atoms with Crippen LogP contribution in [0.3, 0.4) is 0 Å². The van der Waals surface area contributed by atoms with Crippen molar-refractivity contribution in [1.29, 1.82) is 0 Å². The highest BCUT2D eigenvalue weighted by Gasteiger charge is 2.12. The molecule has 3 rings (SSSR count). The summed E-state index contributed by atoms with van der Waals surface area (Å²) in [7, 11) is 0. The van der Waals surface area contributed by atoms with E-state index < -0.39 is 0 Å². The molecule has 0 saturated carbocycles. The lowest BCUT2D eigenvalue weighted by Crippen LogP contribution is -2.10. The number of anilines is 3. The van der Waals surface area contributed by atoms with E-state index in [0.29, 0.717) is 5.75 Å². The van der Waals surface area contributed by atoms with Crippen molar-refractivity contribution in [3.63, 3.8) is 0 Å². The fourth-order valence-corrected chi connectivity index (χ4v) is 2.45. The molecule has 0 amide bonds. The van der Waals surface area contributed by atoms with Gasteiger partial charge in [0.05, 0.1) is 0 Å². The van der Waals surface area contributed by atoms with Crippen molar-refractivity contribution in [2.75, 3.05) is 4.90 Å². The SMILES string of the molecule is CC(=O)Oc1cccc(N(c2ccccc2)c2ccccc2)c1. The first-order chi connectivity index (χ1) is 11.2. The standard InChI is InChI=1S/C20H17NO2/c1-16(22)23-20-14-8-13-19(15-20)21(17-9-4-2-5-10-17)18-11-6-3-7-12-18/h2-15H,1H3. The van der Waals surface area contributed by atoms with Crippen molar-refractivity contribution in [3.05, 3.63) is 84.9 Å². The number of ether oxygens (including phenoxy) is 1. The second kappa shape index (κ2) is 6.79. The van der Waals surface area contributed by atoms with Gasteiger partial charge in [0, 0.05) is 30.1 Å². The third-order valence-electron chi connectivity index (χ3n) is 3.37. The summed E-state index contributed by atoms with van der Waals surface area (Å²) in [6, 6.07) is 27.7. The van der Waals surface area contributed by atoms with E-state index in [-0.39, 0.29) is 5.97 Å². The van der Waals surface area contributed by atoms with Crippen LogP contribution >= 0.6 is 0 Å². The number of benzene rings is 3. The minimum Gasteiger partial charge on any atom is -0.427 e. The Hall–Kier alpha value is -3.07. The highest BCUT2D eigenvalue weighted by Crippen LogP contribution is 2.35. The van der Waals surface area contributed by atoms with E-state index in [1.54, 1.807) is 6.07 Å². The van der Waals surface area contributed by atoms with E-state index in [1.807, 2.05) is 78.9 Å². The van der Waals surface area contributed by atoms with Gasteiger partial charge in [-0.15, -0.1) is 0 Å². The molecule has 0 atom stereocenters. The number of para-hydroxylation sites is 2. The van der Waals surface area contributed by atoms with Gasteiger partial charge in [0.2, 0.25) is 0 Å². The van der Waals surface area contributed by atoms with Crippen LogP contribution in [-0.4, -0.2) is 5.97 Å². The second-order valence-electron chi connectivity index (χ2n) is 5.10. The summed E-state index contributed by atoms with van der Waals surface area (Å²) < 4.78 is 5.21. The summed E-state index contributed by atoms with van der Waals surface area (Å²) >= 11 is 0. The Morgan fingerprint density at radius 2 is 1.26 bits per heavy atom. The first kappa shape index (κ1) is 14.9. The summed E-state index contributed by atoms with van der Waals surface area (Å²) in [5.41, 5.74) is 3.01. The molecule has 3 aromatic carbocycles. The second-order valence-corrected chi connectivity index (χ2v) is 5.10. The van der Waals surface area contributed by atoms with Crippen molar-refractivity contribution in [3.8, 4) is 5.75 Å².